The molecule has 3 aromatic rings. The SMILES string of the molecule is O=C(/C=C/c1ccccc1)C[C@@H](c1ccccc1)S(=O)(=O)c1ccc(Cl)cc1. The standard InChI is InChI=1S/C23H19ClO3S/c24-20-12-15-22(16-13-20)28(26,27)23(19-9-5-2-6-10-19)17-21(25)14-11-18-7-3-1-4-8-18/h1-16,23H,17H2/b14-11+/t23-/m0/s1. The summed E-state index contributed by atoms with van der Waals surface area (Å²) in [5.74, 6) is -0.254. The maximum absolute atomic E-state index is 13.2. The van der Waals surface area contributed by atoms with Gasteiger partial charge in [0.15, 0.2) is 15.6 Å². The lowest BCUT2D eigenvalue weighted by atomic mass is 10.1. The van der Waals surface area contributed by atoms with Crippen molar-refractivity contribution in [2.45, 2.75) is 16.6 Å². The van der Waals surface area contributed by atoms with Crippen LogP contribution in [0.4, 0.5) is 0 Å². The van der Waals surface area contributed by atoms with E-state index in [-0.39, 0.29) is 17.1 Å². The topological polar surface area (TPSA) is 51.2 Å². The van der Waals surface area contributed by atoms with Gasteiger partial charge in [0.2, 0.25) is 0 Å². The van der Waals surface area contributed by atoms with Crippen molar-refractivity contribution in [2.24, 2.45) is 0 Å². The maximum Gasteiger partial charge on any atom is 0.185 e. The number of rotatable bonds is 7. The number of allylic oxidation sites excluding steroid dienone is 1. The molecule has 0 fully saturated rings. The first kappa shape index (κ1) is 20.1. The van der Waals surface area contributed by atoms with Gasteiger partial charge >= 0.3 is 0 Å². The molecule has 5 heteroatoms. The Bertz CT molecular complexity index is 1060. The molecule has 142 valence electrons. The number of benzene rings is 3. The zero-order chi connectivity index (χ0) is 20.0. The van der Waals surface area contributed by atoms with Gasteiger partial charge in [0.1, 0.15) is 0 Å². The molecule has 0 aliphatic rings. The van der Waals surface area contributed by atoms with Gasteiger partial charge in [-0.25, -0.2) is 8.42 Å². The summed E-state index contributed by atoms with van der Waals surface area (Å²) in [5.41, 5.74) is 1.46. The molecule has 0 heterocycles. The predicted molar refractivity (Wildman–Crippen MR) is 113 cm³/mol. The van der Waals surface area contributed by atoms with Crippen molar-refractivity contribution in [1.29, 1.82) is 0 Å². The second kappa shape index (κ2) is 9.00. The molecule has 28 heavy (non-hydrogen) atoms. The van der Waals surface area contributed by atoms with E-state index >= 15 is 0 Å². The highest BCUT2D eigenvalue weighted by atomic mass is 35.5. The summed E-state index contributed by atoms with van der Waals surface area (Å²) in [6.45, 7) is 0. The summed E-state index contributed by atoms with van der Waals surface area (Å²) >= 11 is 5.88. The van der Waals surface area contributed by atoms with Crippen molar-refractivity contribution in [1.82, 2.24) is 0 Å². The van der Waals surface area contributed by atoms with Gasteiger partial charge < -0.3 is 0 Å². The van der Waals surface area contributed by atoms with Crippen molar-refractivity contribution in [3.63, 3.8) is 0 Å². The van der Waals surface area contributed by atoms with Crippen molar-refractivity contribution < 1.29 is 13.2 Å². The molecule has 0 N–H and O–H groups in total. The van der Waals surface area contributed by atoms with Gasteiger partial charge in [0.25, 0.3) is 0 Å². The molecule has 0 aliphatic heterocycles. The predicted octanol–water partition coefficient (Wildman–Crippen LogP) is 5.53. The maximum atomic E-state index is 13.2. The molecule has 1 atom stereocenters. The van der Waals surface area contributed by atoms with E-state index in [1.54, 1.807) is 30.3 Å². The minimum absolute atomic E-state index is 0.141. The molecule has 0 spiro atoms. The van der Waals surface area contributed by atoms with Crippen LogP contribution in [0.25, 0.3) is 6.08 Å². The quantitative estimate of drug-likeness (QED) is 0.481. The third kappa shape index (κ3) is 4.97. The Morgan fingerprint density at radius 2 is 1.43 bits per heavy atom. The number of sulfone groups is 1. The van der Waals surface area contributed by atoms with E-state index in [1.165, 1.54) is 30.3 Å². The van der Waals surface area contributed by atoms with Crippen molar-refractivity contribution in [2.75, 3.05) is 0 Å². The molecule has 0 bridgehead atoms. The highest BCUT2D eigenvalue weighted by molar-refractivity contribution is 7.91. The Balaban J connectivity index is 1.91. The van der Waals surface area contributed by atoms with E-state index in [0.717, 1.165) is 5.56 Å². The summed E-state index contributed by atoms with van der Waals surface area (Å²) in [6.07, 6.45) is 2.99. The summed E-state index contributed by atoms with van der Waals surface area (Å²) in [6, 6.07) is 24.2. The minimum Gasteiger partial charge on any atom is -0.295 e. The van der Waals surface area contributed by atoms with Crippen molar-refractivity contribution in [3.8, 4) is 0 Å². The van der Waals surface area contributed by atoms with E-state index in [4.69, 9.17) is 11.6 Å². The lowest BCUT2D eigenvalue weighted by molar-refractivity contribution is -0.114. The molecule has 0 unspecified atom stereocenters. The van der Waals surface area contributed by atoms with E-state index < -0.39 is 15.1 Å². The third-order valence-electron chi connectivity index (χ3n) is 4.34. The summed E-state index contributed by atoms with van der Waals surface area (Å²) in [4.78, 5) is 12.7. The number of carbonyl (C=O) groups excluding carboxylic acids is 1. The van der Waals surface area contributed by atoms with Crippen LogP contribution in [0.2, 0.25) is 5.02 Å². The molecule has 0 amide bonds. The molecule has 3 nitrogen and oxygen atoms in total. The molecule has 3 rings (SSSR count). The van der Waals surface area contributed by atoms with Gasteiger partial charge in [-0.05, 0) is 41.5 Å². The van der Waals surface area contributed by atoms with Crippen molar-refractivity contribution >= 4 is 33.3 Å². The van der Waals surface area contributed by atoms with Crippen LogP contribution >= 0.6 is 11.6 Å². The summed E-state index contributed by atoms with van der Waals surface area (Å²) < 4.78 is 26.5. The van der Waals surface area contributed by atoms with Crippen LogP contribution < -0.4 is 0 Å². The van der Waals surface area contributed by atoms with Crippen LogP contribution in [0, 0.1) is 0 Å². The lowest BCUT2D eigenvalue weighted by Crippen LogP contribution is -2.17. The largest absolute Gasteiger partial charge is 0.295 e. The van der Waals surface area contributed by atoms with Gasteiger partial charge in [0, 0.05) is 11.4 Å². The highest BCUT2D eigenvalue weighted by Crippen LogP contribution is 2.32. The fourth-order valence-corrected chi connectivity index (χ4v) is 4.74. The average molecular weight is 411 g/mol. The first-order valence-corrected chi connectivity index (χ1v) is 10.7. The second-order valence-corrected chi connectivity index (χ2v) is 8.88. The Kier molecular flexibility index (Phi) is 6.45. The van der Waals surface area contributed by atoms with E-state index in [2.05, 4.69) is 0 Å². The normalized spacial score (nSPS) is 12.8. The molecule has 0 radical (unpaired) electrons. The fourth-order valence-electron chi connectivity index (χ4n) is 2.87. The molecule has 3 aromatic carbocycles. The Hall–Kier alpha value is -2.69. The van der Waals surface area contributed by atoms with Gasteiger partial charge in [-0.15, -0.1) is 0 Å². The van der Waals surface area contributed by atoms with Crippen molar-refractivity contribution in [3.05, 3.63) is 107 Å². The number of ketones is 1. The Morgan fingerprint density at radius 3 is 2.04 bits per heavy atom. The zero-order valence-corrected chi connectivity index (χ0v) is 16.6. The van der Waals surface area contributed by atoms with Gasteiger partial charge in [-0.1, -0.05) is 78.3 Å². The average Bonchev–Trinajstić information content (AvgIpc) is 2.72. The molecule has 0 saturated heterocycles. The number of hydrogen-bond donors (Lipinski definition) is 0. The molecule has 0 aromatic heterocycles. The first-order chi connectivity index (χ1) is 13.5. The molecule has 0 aliphatic carbocycles. The van der Waals surface area contributed by atoms with Crippen LogP contribution in [-0.4, -0.2) is 14.2 Å². The monoisotopic (exact) mass is 410 g/mol. The molecular formula is C23H19ClO3S. The number of carbonyl (C=O) groups is 1. The van der Waals surface area contributed by atoms with Crippen LogP contribution in [0.5, 0.6) is 0 Å². The van der Waals surface area contributed by atoms with Gasteiger partial charge in [-0.3, -0.25) is 4.79 Å². The van der Waals surface area contributed by atoms with E-state index in [1.807, 2.05) is 36.4 Å². The van der Waals surface area contributed by atoms with Crippen LogP contribution in [0.3, 0.4) is 0 Å². The second-order valence-electron chi connectivity index (χ2n) is 6.31. The Labute approximate surface area is 170 Å². The first-order valence-electron chi connectivity index (χ1n) is 8.77. The molecular weight excluding hydrogens is 392 g/mol. The Morgan fingerprint density at radius 1 is 0.857 bits per heavy atom. The van der Waals surface area contributed by atoms with Crippen LogP contribution in [0.1, 0.15) is 22.8 Å². The highest BCUT2D eigenvalue weighted by Gasteiger charge is 2.30. The van der Waals surface area contributed by atoms with E-state index in [9.17, 15) is 13.2 Å². The summed E-state index contributed by atoms with van der Waals surface area (Å²) in [5, 5.41) is -0.514. The number of hydrogen-bond acceptors (Lipinski definition) is 3. The van der Waals surface area contributed by atoms with Crippen LogP contribution in [-0.2, 0) is 14.6 Å². The lowest BCUT2D eigenvalue weighted by Gasteiger charge is -2.17. The van der Waals surface area contributed by atoms with Gasteiger partial charge in [-0.2, -0.15) is 0 Å². The van der Waals surface area contributed by atoms with Gasteiger partial charge in [0.05, 0.1) is 10.1 Å². The van der Waals surface area contributed by atoms with E-state index in [0.29, 0.717) is 10.6 Å². The number of halogens is 1. The summed E-state index contributed by atoms with van der Waals surface area (Å²) in [7, 11) is -3.76. The minimum atomic E-state index is -3.76. The molecule has 0 saturated carbocycles. The third-order valence-corrected chi connectivity index (χ3v) is 6.71. The smallest absolute Gasteiger partial charge is 0.185 e. The van der Waals surface area contributed by atoms with Crippen LogP contribution in [0.15, 0.2) is 95.9 Å². The zero-order valence-electron chi connectivity index (χ0n) is 15.0. The fraction of sp³-hybridized carbons (Fsp3) is 0.0870.